The highest BCUT2D eigenvalue weighted by atomic mass is 16.3. The average molecular weight is 651 g/mol. The van der Waals surface area contributed by atoms with Gasteiger partial charge in [0.05, 0.1) is 22.1 Å². The number of benzene rings is 8. The lowest BCUT2D eigenvalue weighted by molar-refractivity contribution is 0.669. The lowest BCUT2D eigenvalue weighted by Gasteiger charge is -2.13. The number of hydrogen-bond acceptors (Lipinski definition) is 1. The molecule has 0 unspecified atom stereocenters. The molecule has 11 aromatic rings. The van der Waals surface area contributed by atoms with Gasteiger partial charge in [0.1, 0.15) is 11.2 Å². The summed E-state index contributed by atoms with van der Waals surface area (Å²) < 4.78 is 11.0. The Bertz CT molecular complexity index is 3140. The third-order valence-electron chi connectivity index (χ3n) is 10.5. The van der Waals surface area contributed by atoms with Gasteiger partial charge in [0.15, 0.2) is 0 Å². The van der Waals surface area contributed by atoms with Crippen LogP contribution in [0.2, 0.25) is 0 Å². The van der Waals surface area contributed by atoms with Gasteiger partial charge in [-0.25, -0.2) is 0 Å². The SMILES string of the molecule is c1ccc(-c2ccccc2-c2cccc3c2c2ccccc2n3-c2ccc3c(c2)c2ccccc2n3-c2ccc3oc4ccccc4c3c2)cc1. The Morgan fingerprint density at radius 3 is 1.71 bits per heavy atom. The second-order valence-corrected chi connectivity index (χ2v) is 13.3. The Labute approximate surface area is 293 Å². The zero-order valence-electron chi connectivity index (χ0n) is 27.6. The van der Waals surface area contributed by atoms with Crippen LogP contribution in [0.5, 0.6) is 0 Å². The first-order valence-corrected chi connectivity index (χ1v) is 17.4. The number of nitrogens with zero attached hydrogens (tertiary/aromatic N) is 2. The van der Waals surface area contributed by atoms with Crippen LogP contribution in [0.1, 0.15) is 0 Å². The second-order valence-electron chi connectivity index (χ2n) is 13.3. The molecule has 0 amide bonds. The van der Waals surface area contributed by atoms with E-state index in [4.69, 9.17) is 4.42 Å². The Morgan fingerprint density at radius 2 is 0.863 bits per heavy atom. The maximum atomic E-state index is 6.18. The molecule has 0 aliphatic rings. The molecule has 3 aromatic heterocycles. The average Bonchev–Trinajstić information content (AvgIpc) is 3.85. The molecule has 0 spiro atoms. The molecule has 51 heavy (non-hydrogen) atoms. The lowest BCUT2D eigenvalue weighted by atomic mass is 9.92. The molecule has 0 atom stereocenters. The molecule has 0 fully saturated rings. The van der Waals surface area contributed by atoms with Crippen molar-refractivity contribution >= 4 is 65.6 Å². The van der Waals surface area contributed by atoms with Gasteiger partial charge in [-0.05, 0) is 82.9 Å². The predicted molar refractivity (Wildman–Crippen MR) is 213 cm³/mol. The van der Waals surface area contributed by atoms with Crippen LogP contribution in [0.3, 0.4) is 0 Å². The van der Waals surface area contributed by atoms with Crippen molar-refractivity contribution in [3.05, 3.63) is 182 Å². The first-order valence-electron chi connectivity index (χ1n) is 17.4. The maximum absolute atomic E-state index is 6.18. The van der Waals surface area contributed by atoms with E-state index in [-0.39, 0.29) is 0 Å². The van der Waals surface area contributed by atoms with E-state index < -0.39 is 0 Å². The molecule has 0 saturated carbocycles. The first-order chi connectivity index (χ1) is 25.3. The van der Waals surface area contributed by atoms with Crippen LogP contribution >= 0.6 is 0 Å². The van der Waals surface area contributed by atoms with Gasteiger partial charge in [-0.2, -0.15) is 0 Å². The fourth-order valence-corrected chi connectivity index (χ4v) is 8.34. The van der Waals surface area contributed by atoms with Gasteiger partial charge in [-0.1, -0.05) is 121 Å². The van der Waals surface area contributed by atoms with E-state index >= 15 is 0 Å². The standard InChI is InChI=1S/C48H30N2O/c1-2-13-31(14-3-1)34-15-4-5-16-35(34)38-20-12-23-45-48(38)39-19-7-10-22-43(39)50(45)32-25-27-44-40(29-32)36-17-6-9-21-42(36)49(44)33-26-28-47-41(30-33)37-18-8-11-24-46(37)51-47/h1-30H. The predicted octanol–water partition coefficient (Wildman–Crippen LogP) is 13.1. The normalized spacial score (nSPS) is 11.9. The van der Waals surface area contributed by atoms with Gasteiger partial charge >= 0.3 is 0 Å². The van der Waals surface area contributed by atoms with Crippen LogP contribution in [0.25, 0.3) is 99.2 Å². The van der Waals surface area contributed by atoms with E-state index in [0.29, 0.717) is 0 Å². The van der Waals surface area contributed by atoms with E-state index in [2.05, 4.69) is 179 Å². The number of fused-ring (bicyclic) bond motifs is 9. The van der Waals surface area contributed by atoms with Gasteiger partial charge in [-0.15, -0.1) is 0 Å². The highest BCUT2D eigenvalue weighted by molar-refractivity contribution is 6.17. The lowest BCUT2D eigenvalue weighted by Crippen LogP contribution is -1.96. The third-order valence-corrected chi connectivity index (χ3v) is 10.5. The Balaban J connectivity index is 1.15. The van der Waals surface area contributed by atoms with Gasteiger partial charge in [0.25, 0.3) is 0 Å². The van der Waals surface area contributed by atoms with Crippen molar-refractivity contribution in [2.24, 2.45) is 0 Å². The molecule has 0 aliphatic carbocycles. The summed E-state index contributed by atoms with van der Waals surface area (Å²) in [5.41, 5.74) is 13.7. The monoisotopic (exact) mass is 650 g/mol. The first kappa shape index (κ1) is 28.0. The fraction of sp³-hybridized carbons (Fsp3) is 0. The number of para-hydroxylation sites is 3. The van der Waals surface area contributed by atoms with E-state index in [0.717, 1.165) is 33.3 Å². The topological polar surface area (TPSA) is 23.0 Å². The van der Waals surface area contributed by atoms with Crippen LogP contribution in [0.4, 0.5) is 0 Å². The smallest absolute Gasteiger partial charge is 0.135 e. The molecule has 0 N–H and O–H groups in total. The van der Waals surface area contributed by atoms with Crippen LogP contribution in [0, 0.1) is 0 Å². The van der Waals surface area contributed by atoms with Crippen LogP contribution in [-0.4, -0.2) is 9.13 Å². The van der Waals surface area contributed by atoms with Gasteiger partial charge < -0.3 is 13.6 Å². The van der Waals surface area contributed by atoms with Crippen LogP contribution in [0.15, 0.2) is 186 Å². The van der Waals surface area contributed by atoms with Crippen LogP contribution < -0.4 is 0 Å². The molecule has 3 heterocycles. The summed E-state index contributed by atoms with van der Waals surface area (Å²) in [6.07, 6.45) is 0. The minimum atomic E-state index is 0.903. The van der Waals surface area contributed by atoms with E-state index in [9.17, 15) is 0 Å². The van der Waals surface area contributed by atoms with Gasteiger partial charge in [-0.3, -0.25) is 0 Å². The summed E-state index contributed by atoms with van der Waals surface area (Å²) in [6.45, 7) is 0. The van der Waals surface area contributed by atoms with Crippen molar-refractivity contribution in [2.45, 2.75) is 0 Å². The minimum Gasteiger partial charge on any atom is -0.456 e. The molecular formula is C48H30N2O. The van der Waals surface area contributed by atoms with E-state index in [1.807, 2.05) is 12.1 Å². The summed E-state index contributed by atoms with van der Waals surface area (Å²) in [7, 11) is 0. The summed E-state index contributed by atoms with van der Waals surface area (Å²) in [5, 5.41) is 7.21. The molecule has 0 aliphatic heterocycles. The number of hydrogen-bond donors (Lipinski definition) is 0. The Kier molecular flexibility index (Phi) is 5.96. The van der Waals surface area contributed by atoms with Crippen molar-refractivity contribution in [3.8, 4) is 33.6 Å². The van der Waals surface area contributed by atoms with Crippen molar-refractivity contribution in [1.82, 2.24) is 9.13 Å². The molecule has 0 saturated heterocycles. The second kappa shape index (κ2) is 10.8. The number of aromatic nitrogens is 2. The molecule has 238 valence electrons. The largest absolute Gasteiger partial charge is 0.456 e. The Morgan fingerprint density at radius 1 is 0.314 bits per heavy atom. The fourth-order valence-electron chi connectivity index (χ4n) is 8.34. The zero-order valence-corrected chi connectivity index (χ0v) is 27.6. The highest BCUT2D eigenvalue weighted by Crippen LogP contribution is 2.43. The van der Waals surface area contributed by atoms with E-state index in [1.54, 1.807) is 0 Å². The molecule has 0 bridgehead atoms. The van der Waals surface area contributed by atoms with Crippen molar-refractivity contribution < 1.29 is 4.42 Å². The summed E-state index contributed by atoms with van der Waals surface area (Å²) in [5.74, 6) is 0. The molecular weight excluding hydrogens is 621 g/mol. The Hall–Kier alpha value is -6.84. The number of rotatable bonds is 4. The molecule has 8 aromatic carbocycles. The van der Waals surface area contributed by atoms with Gasteiger partial charge in [0, 0.05) is 43.7 Å². The summed E-state index contributed by atoms with van der Waals surface area (Å²) in [4.78, 5) is 0. The van der Waals surface area contributed by atoms with Crippen LogP contribution in [-0.2, 0) is 0 Å². The van der Waals surface area contributed by atoms with Gasteiger partial charge in [0.2, 0.25) is 0 Å². The van der Waals surface area contributed by atoms with Crippen molar-refractivity contribution in [2.75, 3.05) is 0 Å². The molecule has 0 radical (unpaired) electrons. The van der Waals surface area contributed by atoms with Crippen molar-refractivity contribution in [3.63, 3.8) is 0 Å². The summed E-state index contributed by atoms with van der Waals surface area (Å²) in [6, 6.07) is 65.5. The third kappa shape index (κ3) is 4.12. The summed E-state index contributed by atoms with van der Waals surface area (Å²) >= 11 is 0. The van der Waals surface area contributed by atoms with Crippen molar-refractivity contribution in [1.29, 1.82) is 0 Å². The minimum absolute atomic E-state index is 0.903. The molecule has 3 heteroatoms. The number of furan rings is 1. The molecule has 11 rings (SSSR count). The zero-order chi connectivity index (χ0) is 33.5. The molecule has 3 nitrogen and oxygen atoms in total. The highest BCUT2D eigenvalue weighted by Gasteiger charge is 2.20. The quantitative estimate of drug-likeness (QED) is 0.186. The van der Waals surface area contributed by atoms with E-state index in [1.165, 1.54) is 65.9 Å². The maximum Gasteiger partial charge on any atom is 0.135 e.